The first-order valence-electron chi connectivity index (χ1n) is 2.71. The predicted molar refractivity (Wildman–Crippen MR) is 36.4 cm³/mol. The molecule has 0 saturated carbocycles. The summed E-state index contributed by atoms with van der Waals surface area (Å²) in [6.45, 7) is 0.0127. The Morgan fingerprint density at radius 1 is 1.70 bits per heavy atom. The zero-order valence-electron chi connectivity index (χ0n) is 5.19. The molecule has 0 aromatic carbocycles. The number of aliphatic carboxylic acids is 1. The molecule has 0 bridgehead atoms. The third-order valence-corrected chi connectivity index (χ3v) is 1.18. The molecule has 1 aliphatic heterocycles. The van der Waals surface area contributed by atoms with Gasteiger partial charge in [-0.1, -0.05) is 0 Å². The van der Waals surface area contributed by atoms with E-state index in [0.717, 1.165) is 0 Å². The van der Waals surface area contributed by atoms with Gasteiger partial charge in [0, 0.05) is 12.4 Å². The second-order valence-electron chi connectivity index (χ2n) is 2.00. The van der Waals surface area contributed by atoms with E-state index in [1.807, 2.05) is 0 Å². The fourth-order valence-electron chi connectivity index (χ4n) is 0.569. The zero-order valence-corrected chi connectivity index (χ0v) is 5.19. The highest BCUT2D eigenvalue weighted by Gasteiger charge is 2.33. The largest absolute Gasteiger partial charge is 0.478 e. The van der Waals surface area contributed by atoms with E-state index >= 15 is 0 Å². The molecule has 1 unspecified atom stereocenters. The molecule has 0 spiro atoms. The van der Waals surface area contributed by atoms with Gasteiger partial charge in [0.1, 0.15) is 0 Å². The summed E-state index contributed by atoms with van der Waals surface area (Å²) in [6.07, 6.45) is 2.71. The maximum atomic E-state index is 10.4. The summed E-state index contributed by atoms with van der Waals surface area (Å²) in [6, 6.07) is 0. The highest BCUT2D eigenvalue weighted by atomic mass is 16.4. The molecule has 1 rings (SSSR count). The van der Waals surface area contributed by atoms with Crippen LogP contribution in [0.4, 0.5) is 0 Å². The van der Waals surface area contributed by atoms with Crippen LogP contribution in [0.5, 0.6) is 0 Å². The Balaban J connectivity index is 2.80. The van der Waals surface area contributed by atoms with Crippen molar-refractivity contribution < 1.29 is 9.90 Å². The van der Waals surface area contributed by atoms with Gasteiger partial charge in [-0.2, -0.15) is 0 Å². The number of hydrogen-bond donors (Lipinski definition) is 2. The van der Waals surface area contributed by atoms with Crippen LogP contribution in [0.3, 0.4) is 0 Å². The lowest BCUT2D eigenvalue weighted by Crippen LogP contribution is -2.50. The van der Waals surface area contributed by atoms with Crippen LogP contribution in [0.15, 0.2) is 9.98 Å². The van der Waals surface area contributed by atoms with Gasteiger partial charge in [-0.3, -0.25) is 15.7 Å². The van der Waals surface area contributed by atoms with Gasteiger partial charge in [-0.15, -0.1) is 0 Å². The van der Waals surface area contributed by atoms with E-state index < -0.39 is 11.6 Å². The number of carbonyl (C=O) groups is 1. The normalized spacial score (nSPS) is 30.5. The molecule has 1 atom stereocenters. The molecule has 10 heavy (non-hydrogen) atoms. The van der Waals surface area contributed by atoms with E-state index in [1.165, 1.54) is 12.4 Å². The molecule has 0 aliphatic carbocycles. The standard InChI is InChI=1S/C5H7N3O2/c6-5(4(9)10)3-7-1-2-8-5/h1-2H,3,6H2,(H,9,10). The number of carboxylic acids is 1. The van der Waals surface area contributed by atoms with Crippen LogP contribution in [-0.2, 0) is 4.79 Å². The molecule has 5 heteroatoms. The summed E-state index contributed by atoms with van der Waals surface area (Å²) in [5.74, 6) is -1.15. The Bertz CT molecular complexity index is 211. The number of aliphatic imine (C=N–C) groups is 2. The molecule has 5 nitrogen and oxygen atoms in total. The summed E-state index contributed by atoms with van der Waals surface area (Å²) in [5.41, 5.74) is 3.76. The van der Waals surface area contributed by atoms with Crippen molar-refractivity contribution >= 4 is 18.4 Å². The summed E-state index contributed by atoms with van der Waals surface area (Å²) in [5, 5.41) is 8.48. The molecule has 0 fully saturated rings. The second-order valence-corrected chi connectivity index (χ2v) is 2.00. The Labute approximate surface area is 57.3 Å². The zero-order chi connectivity index (χ0) is 7.61. The maximum Gasteiger partial charge on any atom is 0.348 e. The van der Waals surface area contributed by atoms with Gasteiger partial charge >= 0.3 is 5.97 Å². The molecule has 0 aromatic heterocycles. The molecular formula is C5H7N3O2. The minimum Gasteiger partial charge on any atom is -0.478 e. The first-order chi connectivity index (χ1) is 4.65. The first-order valence-corrected chi connectivity index (χ1v) is 2.71. The Morgan fingerprint density at radius 3 is 2.70 bits per heavy atom. The lowest BCUT2D eigenvalue weighted by Gasteiger charge is -2.18. The van der Waals surface area contributed by atoms with Crippen LogP contribution in [0, 0.1) is 0 Å². The summed E-state index contributed by atoms with van der Waals surface area (Å²) in [4.78, 5) is 17.6. The van der Waals surface area contributed by atoms with Gasteiger partial charge in [0.25, 0.3) is 0 Å². The molecule has 1 aliphatic rings. The number of nitrogens with two attached hydrogens (primary N) is 1. The Morgan fingerprint density at radius 2 is 2.40 bits per heavy atom. The van der Waals surface area contributed by atoms with E-state index in [1.54, 1.807) is 0 Å². The monoisotopic (exact) mass is 141 g/mol. The van der Waals surface area contributed by atoms with Crippen LogP contribution in [0.25, 0.3) is 0 Å². The van der Waals surface area contributed by atoms with E-state index in [4.69, 9.17) is 10.8 Å². The highest BCUT2D eigenvalue weighted by Crippen LogP contribution is 2.04. The van der Waals surface area contributed by atoms with Crippen molar-refractivity contribution in [3.05, 3.63) is 0 Å². The highest BCUT2D eigenvalue weighted by molar-refractivity contribution is 6.17. The number of hydrogen-bond acceptors (Lipinski definition) is 4. The fraction of sp³-hybridized carbons (Fsp3) is 0.400. The summed E-state index contributed by atoms with van der Waals surface area (Å²) in [7, 11) is 0. The third-order valence-electron chi connectivity index (χ3n) is 1.18. The molecule has 0 aromatic rings. The van der Waals surface area contributed by atoms with E-state index in [-0.39, 0.29) is 6.54 Å². The van der Waals surface area contributed by atoms with Crippen molar-refractivity contribution in [2.75, 3.05) is 6.54 Å². The summed E-state index contributed by atoms with van der Waals surface area (Å²) < 4.78 is 0. The average Bonchev–Trinajstić information content (AvgIpc) is 1.89. The van der Waals surface area contributed by atoms with E-state index in [0.29, 0.717) is 0 Å². The van der Waals surface area contributed by atoms with Crippen molar-refractivity contribution in [1.29, 1.82) is 0 Å². The van der Waals surface area contributed by atoms with Gasteiger partial charge in [0.05, 0.1) is 6.54 Å². The Hall–Kier alpha value is -1.23. The van der Waals surface area contributed by atoms with Crippen LogP contribution in [0.2, 0.25) is 0 Å². The quantitative estimate of drug-likeness (QED) is 0.484. The summed E-state index contributed by atoms with van der Waals surface area (Å²) >= 11 is 0. The predicted octanol–water partition coefficient (Wildman–Crippen LogP) is -1.12. The van der Waals surface area contributed by atoms with Crippen molar-refractivity contribution in [3.63, 3.8) is 0 Å². The van der Waals surface area contributed by atoms with Gasteiger partial charge in [0.15, 0.2) is 0 Å². The van der Waals surface area contributed by atoms with Crippen LogP contribution in [0.1, 0.15) is 0 Å². The van der Waals surface area contributed by atoms with Crippen LogP contribution < -0.4 is 5.73 Å². The van der Waals surface area contributed by atoms with Crippen molar-refractivity contribution in [2.45, 2.75) is 5.66 Å². The van der Waals surface area contributed by atoms with Crippen molar-refractivity contribution in [3.8, 4) is 0 Å². The molecule has 54 valence electrons. The Kier molecular flexibility index (Phi) is 1.50. The minimum atomic E-state index is -1.53. The van der Waals surface area contributed by atoms with Gasteiger partial charge in [-0.25, -0.2) is 4.79 Å². The van der Waals surface area contributed by atoms with E-state index in [9.17, 15) is 4.79 Å². The fourth-order valence-corrected chi connectivity index (χ4v) is 0.569. The molecule has 1 heterocycles. The van der Waals surface area contributed by atoms with E-state index in [2.05, 4.69) is 9.98 Å². The van der Waals surface area contributed by atoms with Gasteiger partial charge < -0.3 is 5.11 Å². The van der Waals surface area contributed by atoms with Crippen molar-refractivity contribution in [2.24, 2.45) is 15.7 Å². The van der Waals surface area contributed by atoms with Crippen molar-refractivity contribution in [1.82, 2.24) is 0 Å². The molecule has 0 amide bonds. The third kappa shape index (κ3) is 1.03. The first kappa shape index (κ1) is 6.88. The number of carboxylic acid groups (broad SMARTS) is 1. The molecule has 0 radical (unpaired) electrons. The second kappa shape index (κ2) is 2.18. The lowest BCUT2D eigenvalue weighted by molar-refractivity contribution is -0.142. The molecule has 0 saturated heterocycles. The van der Waals surface area contributed by atoms with Crippen LogP contribution >= 0.6 is 0 Å². The van der Waals surface area contributed by atoms with Gasteiger partial charge in [-0.05, 0) is 0 Å². The topological polar surface area (TPSA) is 88.0 Å². The molecule has 3 N–H and O–H groups in total. The SMILES string of the molecule is NC1(C(=O)O)CN=CC=N1. The van der Waals surface area contributed by atoms with Gasteiger partial charge in [0.2, 0.25) is 5.66 Å². The smallest absolute Gasteiger partial charge is 0.348 e. The minimum absolute atomic E-state index is 0.0127. The lowest BCUT2D eigenvalue weighted by atomic mass is 10.2. The molecular weight excluding hydrogens is 134 g/mol. The van der Waals surface area contributed by atoms with Crippen LogP contribution in [-0.4, -0.2) is 35.7 Å². The number of nitrogens with zero attached hydrogens (tertiary/aromatic N) is 2. The maximum absolute atomic E-state index is 10.4. The number of rotatable bonds is 1. The average molecular weight is 141 g/mol.